The molecular weight excluding hydrogens is 232 g/mol. The average molecular weight is 250 g/mol. The summed E-state index contributed by atoms with van der Waals surface area (Å²) in [6, 6.07) is 0. The normalized spacial score (nSPS) is 14.6. The molecule has 1 heterocycles. The van der Waals surface area contributed by atoms with E-state index in [4.69, 9.17) is 4.74 Å². The van der Waals surface area contributed by atoms with Crippen molar-refractivity contribution in [3.63, 3.8) is 0 Å². The number of hydrogen-bond donors (Lipinski definition) is 1. The lowest BCUT2D eigenvalue weighted by atomic mass is 10.0. The van der Waals surface area contributed by atoms with Crippen LogP contribution in [0.4, 0.5) is 0 Å². The highest BCUT2D eigenvalue weighted by molar-refractivity contribution is 5.92. The second-order valence-corrected chi connectivity index (χ2v) is 4.57. The van der Waals surface area contributed by atoms with Gasteiger partial charge in [0, 0.05) is 0 Å². The zero-order chi connectivity index (χ0) is 13.1. The van der Waals surface area contributed by atoms with Gasteiger partial charge in [0.25, 0.3) is 0 Å². The predicted molar refractivity (Wildman–Crippen MR) is 66.0 cm³/mol. The molecule has 0 amide bonds. The van der Waals surface area contributed by atoms with Gasteiger partial charge in [0.15, 0.2) is 0 Å². The molecule has 1 aromatic heterocycles. The van der Waals surface area contributed by atoms with E-state index < -0.39 is 5.97 Å². The van der Waals surface area contributed by atoms with E-state index in [-0.39, 0.29) is 11.4 Å². The molecule has 0 atom stereocenters. The molecular formula is C13H18N2O3. The third-order valence-electron chi connectivity index (χ3n) is 3.18. The molecule has 98 valence electrons. The first-order valence-corrected chi connectivity index (χ1v) is 6.41. The van der Waals surface area contributed by atoms with Crippen LogP contribution in [0.3, 0.4) is 0 Å². The molecule has 1 aromatic rings. The molecule has 1 aliphatic carbocycles. The molecule has 2 rings (SSSR count). The third kappa shape index (κ3) is 2.60. The van der Waals surface area contributed by atoms with Gasteiger partial charge in [0.2, 0.25) is 5.88 Å². The van der Waals surface area contributed by atoms with Crippen molar-refractivity contribution in [2.24, 2.45) is 5.92 Å². The molecule has 0 unspecified atom stereocenters. The first kappa shape index (κ1) is 12.8. The summed E-state index contributed by atoms with van der Waals surface area (Å²) in [6.07, 6.45) is 3.62. The summed E-state index contributed by atoms with van der Waals surface area (Å²) in [6.45, 7) is 4.41. The Bertz CT molecular complexity index is 456. The fourth-order valence-corrected chi connectivity index (χ4v) is 1.96. The van der Waals surface area contributed by atoms with Gasteiger partial charge in [0.1, 0.15) is 5.56 Å². The minimum absolute atomic E-state index is 0.170. The third-order valence-corrected chi connectivity index (χ3v) is 3.18. The van der Waals surface area contributed by atoms with Crippen molar-refractivity contribution in [3.8, 4) is 5.88 Å². The number of carboxylic acids is 1. The van der Waals surface area contributed by atoms with E-state index in [1.54, 1.807) is 0 Å². The van der Waals surface area contributed by atoms with Gasteiger partial charge in [-0.2, -0.15) is 5.10 Å². The van der Waals surface area contributed by atoms with E-state index in [9.17, 15) is 9.90 Å². The molecule has 1 aliphatic rings. The van der Waals surface area contributed by atoms with Gasteiger partial charge in [0.05, 0.1) is 12.3 Å². The number of ether oxygens (including phenoxy) is 1. The predicted octanol–water partition coefficient (Wildman–Crippen LogP) is 2.09. The van der Waals surface area contributed by atoms with E-state index in [2.05, 4.69) is 10.2 Å². The lowest BCUT2D eigenvalue weighted by Gasteiger charge is -2.12. The van der Waals surface area contributed by atoms with Crippen LogP contribution in [-0.4, -0.2) is 27.9 Å². The Hall–Kier alpha value is -1.65. The van der Waals surface area contributed by atoms with Gasteiger partial charge in [-0.15, -0.1) is 5.10 Å². The Balaban J connectivity index is 2.34. The minimum Gasteiger partial charge on any atom is -0.477 e. The molecule has 5 nitrogen and oxygen atoms in total. The SMILES string of the molecule is CCc1nnc(OCC2CC2)c(C(=O)O)c1CC. The Labute approximate surface area is 106 Å². The number of rotatable bonds is 6. The molecule has 0 aliphatic heterocycles. The van der Waals surface area contributed by atoms with Gasteiger partial charge >= 0.3 is 5.97 Å². The highest BCUT2D eigenvalue weighted by atomic mass is 16.5. The minimum atomic E-state index is -0.984. The van der Waals surface area contributed by atoms with Crippen molar-refractivity contribution in [3.05, 3.63) is 16.8 Å². The topological polar surface area (TPSA) is 72.3 Å². The molecule has 1 N–H and O–H groups in total. The van der Waals surface area contributed by atoms with Crippen LogP contribution in [0.2, 0.25) is 0 Å². The molecule has 5 heteroatoms. The molecule has 0 saturated heterocycles. The number of aromatic nitrogens is 2. The zero-order valence-corrected chi connectivity index (χ0v) is 10.8. The molecule has 0 aromatic carbocycles. The van der Waals surface area contributed by atoms with Gasteiger partial charge in [-0.3, -0.25) is 0 Å². The summed E-state index contributed by atoms with van der Waals surface area (Å²) in [5.41, 5.74) is 1.67. The van der Waals surface area contributed by atoms with Crippen molar-refractivity contribution in [1.29, 1.82) is 0 Å². The molecule has 0 spiro atoms. The molecule has 0 radical (unpaired) electrons. The second-order valence-electron chi connectivity index (χ2n) is 4.57. The summed E-state index contributed by atoms with van der Waals surface area (Å²) >= 11 is 0. The van der Waals surface area contributed by atoms with Crippen molar-refractivity contribution < 1.29 is 14.6 Å². The van der Waals surface area contributed by atoms with Gasteiger partial charge < -0.3 is 9.84 Å². The zero-order valence-electron chi connectivity index (χ0n) is 10.8. The van der Waals surface area contributed by atoms with Crippen LogP contribution < -0.4 is 4.74 Å². The Morgan fingerprint density at radius 1 is 1.33 bits per heavy atom. The summed E-state index contributed by atoms with van der Waals surface area (Å²) in [4.78, 5) is 11.4. The van der Waals surface area contributed by atoms with E-state index in [0.717, 1.165) is 24.1 Å². The smallest absolute Gasteiger partial charge is 0.341 e. The number of hydrogen-bond acceptors (Lipinski definition) is 4. The molecule has 1 fully saturated rings. The number of aryl methyl sites for hydroxylation is 1. The van der Waals surface area contributed by atoms with Gasteiger partial charge in [-0.25, -0.2) is 4.79 Å². The highest BCUT2D eigenvalue weighted by Gasteiger charge is 2.25. The van der Waals surface area contributed by atoms with Crippen molar-refractivity contribution in [1.82, 2.24) is 10.2 Å². The van der Waals surface area contributed by atoms with E-state index in [1.807, 2.05) is 13.8 Å². The molecule has 18 heavy (non-hydrogen) atoms. The van der Waals surface area contributed by atoms with Gasteiger partial charge in [-0.05, 0) is 37.2 Å². The van der Waals surface area contributed by atoms with Crippen LogP contribution >= 0.6 is 0 Å². The highest BCUT2D eigenvalue weighted by Crippen LogP contribution is 2.30. The second kappa shape index (κ2) is 5.33. The number of carboxylic acid groups (broad SMARTS) is 1. The average Bonchev–Trinajstić information content (AvgIpc) is 3.18. The number of aromatic carboxylic acids is 1. The van der Waals surface area contributed by atoms with Crippen molar-refractivity contribution in [2.75, 3.05) is 6.61 Å². The monoisotopic (exact) mass is 250 g/mol. The van der Waals surface area contributed by atoms with Gasteiger partial charge in [-0.1, -0.05) is 13.8 Å². The van der Waals surface area contributed by atoms with Crippen molar-refractivity contribution in [2.45, 2.75) is 39.5 Å². The van der Waals surface area contributed by atoms with Crippen molar-refractivity contribution >= 4 is 5.97 Å². The van der Waals surface area contributed by atoms with E-state index >= 15 is 0 Å². The first-order valence-electron chi connectivity index (χ1n) is 6.41. The number of nitrogens with zero attached hydrogens (tertiary/aromatic N) is 2. The first-order chi connectivity index (χ1) is 8.67. The maximum atomic E-state index is 11.4. The largest absolute Gasteiger partial charge is 0.477 e. The van der Waals surface area contributed by atoms with Crippen LogP contribution in [0.5, 0.6) is 5.88 Å². The van der Waals surface area contributed by atoms with E-state index in [1.165, 1.54) is 0 Å². The van der Waals surface area contributed by atoms with Crippen LogP contribution in [0, 0.1) is 5.92 Å². The van der Waals surface area contributed by atoms with Crippen LogP contribution in [0.1, 0.15) is 48.3 Å². The van der Waals surface area contributed by atoms with E-state index in [0.29, 0.717) is 25.4 Å². The number of carbonyl (C=O) groups is 1. The fourth-order valence-electron chi connectivity index (χ4n) is 1.96. The Morgan fingerprint density at radius 2 is 2.06 bits per heavy atom. The Morgan fingerprint density at radius 3 is 2.56 bits per heavy atom. The summed E-state index contributed by atoms with van der Waals surface area (Å²) in [7, 11) is 0. The van der Waals surface area contributed by atoms with Crippen LogP contribution in [-0.2, 0) is 12.8 Å². The fraction of sp³-hybridized carbons (Fsp3) is 0.615. The standard InChI is InChI=1S/C13H18N2O3/c1-3-9-10(4-2)14-15-12(11(9)13(16)17)18-7-8-5-6-8/h8H,3-7H2,1-2H3,(H,16,17). The maximum Gasteiger partial charge on any atom is 0.341 e. The van der Waals surface area contributed by atoms with Crippen LogP contribution in [0.25, 0.3) is 0 Å². The summed E-state index contributed by atoms with van der Waals surface area (Å²) in [5, 5.41) is 17.3. The van der Waals surface area contributed by atoms with Crippen LogP contribution in [0.15, 0.2) is 0 Å². The molecule has 0 bridgehead atoms. The lowest BCUT2D eigenvalue weighted by molar-refractivity contribution is 0.0688. The summed E-state index contributed by atoms with van der Waals surface area (Å²) in [5.74, 6) is -0.255. The quantitative estimate of drug-likeness (QED) is 0.837. The molecule has 1 saturated carbocycles. The Kier molecular flexibility index (Phi) is 3.79. The lowest BCUT2D eigenvalue weighted by Crippen LogP contribution is -2.14. The summed E-state index contributed by atoms with van der Waals surface area (Å²) < 4.78 is 5.51. The maximum absolute atomic E-state index is 11.4.